The third-order valence-electron chi connectivity index (χ3n) is 2.02. The molecule has 0 aliphatic heterocycles. The van der Waals surface area contributed by atoms with Crippen molar-refractivity contribution in [2.24, 2.45) is 11.3 Å². The topological polar surface area (TPSA) is 43.4 Å². The third kappa shape index (κ3) is 4.40. The van der Waals surface area contributed by atoms with Crippen molar-refractivity contribution in [1.82, 2.24) is 0 Å². The number of carbonyl (C=O) groups excluding carboxylic acids is 2. The number of hydrogen-bond acceptors (Lipinski definition) is 3. The van der Waals surface area contributed by atoms with Gasteiger partial charge in [0, 0.05) is 11.8 Å². The van der Waals surface area contributed by atoms with Crippen molar-refractivity contribution in [3.8, 4) is 0 Å². The van der Waals surface area contributed by atoms with E-state index >= 15 is 0 Å². The Morgan fingerprint density at radius 3 is 2.14 bits per heavy atom. The molecule has 0 fully saturated rings. The van der Waals surface area contributed by atoms with E-state index < -0.39 is 0 Å². The molecule has 82 valence electrons. The van der Waals surface area contributed by atoms with E-state index in [4.69, 9.17) is 4.74 Å². The van der Waals surface area contributed by atoms with Gasteiger partial charge in [0.05, 0.1) is 12.5 Å². The number of ether oxygens (including phenoxy) is 1. The van der Waals surface area contributed by atoms with Crippen LogP contribution >= 0.6 is 0 Å². The number of Topliss-reactive ketones (excluding diaryl/α,β-unsaturated/α-hetero) is 1. The summed E-state index contributed by atoms with van der Waals surface area (Å²) in [6, 6.07) is 0. The lowest BCUT2D eigenvalue weighted by Gasteiger charge is -2.18. The van der Waals surface area contributed by atoms with Crippen molar-refractivity contribution in [1.29, 1.82) is 0 Å². The van der Waals surface area contributed by atoms with Gasteiger partial charge < -0.3 is 4.74 Å². The van der Waals surface area contributed by atoms with Crippen LogP contribution in [0.15, 0.2) is 0 Å². The lowest BCUT2D eigenvalue weighted by Crippen LogP contribution is -2.26. The highest BCUT2D eigenvalue weighted by molar-refractivity contribution is 5.87. The Labute approximate surface area is 85.8 Å². The Morgan fingerprint density at radius 1 is 1.29 bits per heavy atom. The van der Waals surface area contributed by atoms with Crippen LogP contribution in [0.25, 0.3) is 0 Å². The van der Waals surface area contributed by atoms with E-state index in [2.05, 4.69) is 0 Å². The molecule has 0 N–H and O–H groups in total. The van der Waals surface area contributed by atoms with Gasteiger partial charge >= 0.3 is 5.97 Å². The number of rotatable bonds is 4. The Kier molecular flexibility index (Phi) is 4.81. The highest BCUT2D eigenvalue weighted by Crippen LogP contribution is 2.20. The molecule has 1 unspecified atom stereocenters. The minimum absolute atomic E-state index is 0.0954. The molecule has 0 aromatic heterocycles. The van der Waals surface area contributed by atoms with E-state index in [1.54, 1.807) is 13.8 Å². The Balaban J connectivity index is 4.13. The molecule has 0 bridgehead atoms. The number of ketones is 1. The molecule has 3 heteroatoms. The first-order valence-corrected chi connectivity index (χ1v) is 4.99. The summed E-state index contributed by atoms with van der Waals surface area (Å²) in [5, 5.41) is 0. The SMILES string of the molecule is CCOC(=O)C(C)CC(=O)C(C)(C)C. The van der Waals surface area contributed by atoms with Crippen molar-refractivity contribution in [2.45, 2.75) is 41.0 Å². The van der Waals surface area contributed by atoms with Crippen molar-refractivity contribution in [3.05, 3.63) is 0 Å². The van der Waals surface area contributed by atoms with E-state index in [0.29, 0.717) is 6.61 Å². The fourth-order valence-corrected chi connectivity index (χ4v) is 0.952. The molecule has 1 atom stereocenters. The van der Waals surface area contributed by atoms with Crippen LogP contribution in [0, 0.1) is 11.3 Å². The molecular formula is C11H20O3. The molecule has 14 heavy (non-hydrogen) atoms. The highest BCUT2D eigenvalue weighted by atomic mass is 16.5. The molecule has 0 aliphatic carbocycles. The van der Waals surface area contributed by atoms with Gasteiger partial charge in [-0.3, -0.25) is 9.59 Å². The van der Waals surface area contributed by atoms with Gasteiger partial charge in [-0.15, -0.1) is 0 Å². The molecule has 0 saturated heterocycles. The Morgan fingerprint density at radius 2 is 1.79 bits per heavy atom. The summed E-state index contributed by atoms with van der Waals surface area (Å²) in [6.07, 6.45) is 0.266. The van der Waals surface area contributed by atoms with E-state index in [1.807, 2.05) is 20.8 Å². The van der Waals surface area contributed by atoms with E-state index in [9.17, 15) is 9.59 Å². The summed E-state index contributed by atoms with van der Waals surface area (Å²) in [4.78, 5) is 22.8. The maximum absolute atomic E-state index is 11.6. The van der Waals surface area contributed by atoms with E-state index in [1.165, 1.54) is 0 Å². The molecule has 0 spiro atoms. The van der Waals surface area contributed by atoms with Crippen LogP contribution in [0.2, 0.25) is 0 Å². The molecule has 0 radical (unpaired) electrons. The lowest BCUT2D eigenvalue weighted by atomic mass is 9.86. The Hall–Kier alpha value is -0.860. The number of esters is 1. The van der Waals surface area contributed by atoms with Gasteiger partial charge in [0.15, 0.2) is 0 Å². The van der Waals surface area contributed by atoms with Crippen LogP contribution in [0.1, 0.15) is 41.0 Å². The number of carbonyl (C=O) groups is 2. The van der Waals surface area contributed by atoms with Crippen LogP contribution < -0.4 is 0 Å². The smallest absolute Gasteiger partial charge is 0.309 e. The fraction of sp³-hybridized carbons (Fsp3) is 0.818. The molecule has 0 aliphatic rings. The zero-order chi connectivity index (χ0) is 11.4. The maximum atomic E-state index is 11.6. The van der Waals surface area contributed by atoms with Crippen LogP contribution in [-0.4, -0.2) is 18.4 Å². The summed E-state index contributed by atoms with van der Waals surface area (Å²) in [5.74, 6) is -0.523. The average Bonchev–Trinajstić information content (AvgIpc) is 2.02. The Bertz CT molecular complexity index is 213. The van der Waals surface area contributed by atoms with Gasteiger partial charge in [-0.1, -0.05) is 27.7 Å². The van der Waals surface area contributed by atoms with Crippen LogP contribution in [0.5, 0.6) is 0 Å². The highest BCUT2D eigenvalue weighted by Gasteiger charge is 2.26. The maximum Gasteiger partial charge on any atom is 0.309 e. The largest absolute Gasteiger partial charge is 0.466 e. The summed E-state index contributed by atoms with van der Waals surface area (Å²) in [5.41, 5.74) is -0.374. The molecule has 0 aromatic carbocycles. The first-order valence-electron chi connectivity index (χ1n) is 4.99. The second-order valence-electron chi connectivity index (χ2n) is 4.53. The summed E-state index contributed by atoms with van der Waals surface area (Å²) in [6.45, 7) is 9.42. The second-order valence-corrected chi connectivity index (χ2v) is 4.53. The summed E-state index contributed by atoms with van der Waals surface area (Å²) >= 11 is 0. The van der Waals surface area contributed by atoms with Gasteiger partial charge in [0.1, 0.15) is 5.78 Å². The second kappa shape index (κ2) is 5.13. The van der Waals surface area contributed by atoms with E-state index in [0.717, 1.165) is 0 Å². The monoisotopic (exact) mass is 200 g/mol. The lowest BCUT2D eigenvalue weighted by molar-refractivity contribution is -0.149. The summed E-state index contributed by atoms with van der Waals surface area (Å²) in [7, 11) is 0. The molecule has 0 amide bonds. The minimum Gasteiger partial charge on any atom is -0.466 e. The van der Waals surface area contributed by atoms with Crippen LogP contribution in [0.3, 0.4) is 0 Å². The zero-order valence-corrected chi connectivity index (χ0v) is 9.72. The minimum atomic E-state index is -0.374. The molecule has 0 heterocycles. The van der Waals surface area contributed by atoms with Crippen LogP contribution in [-0.2, 0) is 14.3 Å². The quantitative estimate of drug-likeness (QED) is 0.653. The van der Waals surface area contributed by atoms with Crippen molar-refractivity contribution >= 4 is 11.8 Å². The average molecular weight is 200 g/mol. The first kappa shape index (κ1) is 13.1. The van der Waals surface area contributed by atoms with Gasteiger partial charge in [-0.05, 0) is 6.92 Å². The van der Waals surface area contributed by atoms with E-state index in [-0.39, 0.29) is 29.5 Å². The molecular weight excluding hydrogens is 180 g/mol. The normalized spacial score (nSPS) is 13.5. The zero-order valence-electron chi connectivity index (χ0n) is 9.72. The van der Waals surface area contributed by atoms with Crippen molar-refractivity contribution < 1.29 is 14.3 Å². The molecule has 0 aromatic rings. The molecule has 3 nitrogen and oxygen atoms in total. The third-order valence-corrected chi connectivity index (χ3v) is 2.02. The summed E-state index contributed by atoms with van der Waals surface area (Å²) < 4.78 is 4.83. The fourth-order valence-electron chi connectivity index (χ4n) is 0.952. The van der Waals surface area contributed by atoms with Gasteiger partial charge in [0.2, 0.25) is 0 Å². The predicted octanol–water partition coefficient (Wildman–Crippen LogP) is 2.19. The predicted molar refractivity (Wildman–Crippen MR) is 54.9 cm³/mol. The van der Waals surface area contributed by atoms with Gasteiger partial charge in [0.25, 0.3) is 0 Å². The van der Waals surface area contributed by atoms with Crippen molar-refractivity contribution in [3.63, 3.8) is 0 Å². The van der Waals surface area contributed by atoms with Gasteiger partial charge in [-0.25, -0.2) is 0 Å². The number of hydrogen-bond donors (Lipinski definition) is 0. The van der Waals surface area contributed by atoms with Gasteiger partial charge in [-0.2, -0.15) is 0 Å². The molecule has 0 saturated carbocycles. The standard InChI is InChI=1S/C11H20O3/c1-6-14-10(13)8(2)7-9(12)11(3,4)5/h8H,6-7H2,1-5H3. The van der Waals surface area contributed by atoms with Crippen molar-refractivity contribution in [2.75, 3.05) is 6.61 Å². The first-order chi connectivity index (χ1) is 6.29. The molecule has 0 rings (SSSR count). The van der Waals surface area contributed by atoms with Crippen LogP contribution in [0.4, 0.5) is 0 Å².